The number of fused-ring (bicyclic) bond motifs is 3. The molecule has 0 saturated carbocycles. The number of nitrogens with one attached hydrogen (secondary N) is 2. The van der Waals surface area contributed by atoms with Crippen molar-refractivity contribution >= 4 is 17.8 Å². The molecule has 44 heavy (non-hydrogen) atoms. The Morgan fingerprint density at radius 1 is 0.977 bits per heavy atom. The maximum atomic E-state index is 13.4. The number of carbonyl (C=O) groups excluding carboxylic acids is 3. The van der Waals surface area contributed by atoms with Crippen molar-refractivity contribution in [3.63, 3.8) is 0 Å². The van der Waals surface area contributed by atoms with E-state index in [2.05, 4.69) is 16.7 Å². The molecule has 1 aliphatic rings. The molecule has 2 atom stereocenters. The molecule has 3 rings (SSSR count). The Morgan fingerprint density at radius 2 is 1.82 bits per heavy atom. The molecule has 0 radical (unpaired) electrons. The normalized spacial score (nSPS) is 14.0. The second-order valence-electron chi connectivity index (χ2n) is 11.0. The highest BCUT2D eigenvalue weighted by Crippen LogP contribution is 2.47. The van der Waals surface area contributed by atoms with Crippen molar-refractivity contribution in [3.05, 3.63) is 58.7 Å². The number of benzene rings is 2. The molecule has 2 amide bonds. The van der Waals surface area contributed by atoms with Crippen LogP contribution in [0.25, 0.3) is 11.1 Å². The Balaban J connectivity index is 1.65. The van der Waals surface area contributed by atoms with Crippen molar-refractivity contribution in [1.29, 1.82) is 0 Å². The number of ether oxygens (including phenoxy) is 4. The van der Waals surface area contributed by atoms with E-state index in [4.69, 9.17) is 24.1 Å². The zero-order valence-corrected chi connectivity index (χ0v) is 26.3. The molecular formula is C34H48N2O8. The average molecular weight is 613 g/mol. The molecule has 0 saturated heterocycles. The highest BCUT2D eigenvalue weighted by molar-refractivity contribution is 6.04. The largest absolute Gasteiger partial charge is 0.449 e. The third kappa shape index (κ3) is 10.7. The van der Waals surface area contributed by atoms with E-state index in [9.17, 15) is 14.4 Å². The number of amides is 2. The molecule has 3 N–H and O–H groups in total. The van der Waals surface area contributed by atoms with Gasteiger partial charge < -0.3 is 34.7 Å². The summed E-state index contributed by atoms with van der Waals surface area (Å²) >= 11 is 0. The van der Waals surface area contributed by atoms with Gasteiger partial charge in [0.1, 0.15) is 6.61 Å². The Bertz CT molecular complexity index is 1220. The lowest BCUT2D eigenvalue weighted by atomic mass is 9.93. The van der Waals surface area contributed by atoms with Gasteiger partial charge in [-0.15, -0.1) is 0 Å². The summed E-state index contributed by atoms with van der Waals surface area (Å²) in [5, 5.41) is 14.5. The number of rotatable bonds is 21. The van der Waals surface area contributed by atoms with Gasteiger partial charge in [0.05, 0.1) is 12.7 Å². The van der Waals surface area contributed by atoms with E-state index < -0.39 is 6.09 Å². The summed E-state index contributed by atoms with van der Waals surface area (Å²) < 4.78 is 21.7. The first-order valence-electron chi connectivity index (χ1n) is 15.6. The van der Waals surface area contributed by atoms with Crippen LogP contribution in [0.3, 0.4) is 0 Å². The van der Waals surface area contributed by atoms with Crippen LogP contribution in [0.15, 0.2) is 36.4 Å². The minimum Gasteiger partial charge on any atom is -0.449 e. The fourth-order valence-electron chi connectivity index (χ4n) is 5.38. The van der Waals surface area contributed by atoms with E-state index in [1.165, 1.54) is 7.05 Å². The second-order valence-corrected chi connectivity index (χ2v) is 11.0. The van der Waals surface area contributed by atoms with E-state index in [1.54, 1.807) is 7.11 Å². The van der Waals surface area contributed by atoms with Crippen LogP contribution >= 0.6 is 0 Å². The van der Waals surface area contributed by atoms with Crippen molar-refractivity contribution < 1.29 is 38.4 Å². The van der Waals surface area contributed by atoms with E-state index in [1.807, 2.05) is 37.3 Å². The van der Waals surface area contributed by atoms with Gasteiger partial charge in [-0.25, -0.2) is 4.79 Å². The summed E-state index contributed by atoms with van der Waals surface area (Å²) in [5.41, 5.74) is 5.57. The van der Waals surface area contributed by atoms with E-state index >= 15 is 0 Å². The van der Waals surface area contributed by atoms with Gasteiger partial charge in [0.25, 0.3) is 0 Å². The monoisotopic (exact) mass is 612 g/mol. The number of hydrogen-bond donors (Lipinski definition) is 3. The third-order valence-corrected chi connectivity index (χ3v) is 7.68. The molecule has 2 unspecified atom stereocenters. The van der Waals surface area contributed by atoms with Crippen LogP contribution in [0.2, 0.25) is 0 Å². The van der Waals surface area contributed by atoms with Crippen LogP contribution in [0.4, 0.5) is 4.79 Å². The predicted octanol–water partition coefficient (Wildman–Crippen LogP) is 4.40. The van der Waals surface area contributed by atoms with Gasteiger partial charge in [-0.3, -0.25) is 9.59 Å². The summed E-state index contributed by atoms with van der Waals surface area (Å²) in [6, 6.07) is 11.9. The highest BCUT2D eigenvalue weighted by Gasteiger charge is 2.33. The van der Waals surface area contributed by atoms with Crippen molar-refractivity contribution in [1.82, 2.24) is 10.6 Å². The van der Waals surface area contributed by atoms with Gasteiger partial charge in [-0.2, -0.15) is 0 Å². The fourth-order valence-corrected chi connectivity index (χ4v) is 5.38. The van der Waals surface area contributed by atoms with Crippen molar-refractivity contribution in [2.24, 2.45) is 0 Å². The predicted molar refractivity (Wildman–Crippen MR) is 168 cm³/mol. The fraction of sp³-hybridized carbons (Fsp3) is 0.559. The maximum absolute atomic E-state index is 13.4. The van der Waals surface area contributed by atoms with E-state index in [0.29, 0.717) is 77.1 Å². The Kier molecular flexibility index (Phi) is 15.3. The SMILES string of the molecule is CNC(=O)OCC1c2cc(CCCC(=O)NCCOCCCOC)ccc2-c2c(C(=O)CCCOC(C)CCO)cccc21. The summed E-state index contributed by atoms with van der Waals surface area (Å²) in [4.78, 5) is 37.7. The topological polar surface area (TPSA) is 132 Å². The standard InChI is InChI=1S/C34H48N2O8/c1-24(15-17-37)43-20-6-11-31(38)28-10-5-9-26-30(23-44-34(40)35-2)29-22-25(13-14-27(29)33(26)28)8-4-12-32(39)36-16-21-42-19-7-18-41-3/h5,9-10,13-14,22,24,30,37H,4,6-8,11-12,15-21,23H2,1-3H3,(H,35,40)(H,36,39). The molecule has 0 bridgehead atoms. The number of hydrogen-bond acceptors (Lipinski definition) is 8. The van der Waals surface area contributed by atoms with Crippen molar-refractivity contribution in [2.45, 2.75) is 63.9 Å². The first-order chi connectivity index (χ1) is 21.4. The van der Waals surface area contributed by atoms with Gasteiger partial charge in [-0.1, -0.05) is 36.4 Å². The van der Waals surface area contributed by atoms with Crippen LogP contribution in [0.1, 0.15) is 78.4 Å². The molecule has 1 aliphatic carbocycles. The molecule has 0 spiro atoms. The Morgan fingerprint density at radius 3 is 2.59 bits per heavy atom. The first-order valence-corrected chi connectivity index (χ1v) is 15.6. The number of methoxy groups -OCH3 is 1. The Labute approximate surface area is 260 Å². The smallest absolute Gasteiger partial charge is 0.406 e. The van der Waals surface area contributed by atoms with Gasteiger partial charge in [0.15, 0.2) is 5.78 Å². The van der Waals surface area contributed by atoms with Crippen molar-refractivity contribution in [3.8, 4) is 11.1 Å². The van der Waals surface area contributed by atoms with Gasteiger partial charge in [0, 0.05) is 71.5 Å². The lowest BCUT2D eigenvalue weighted by Gasteiger charge is -2.15. The molecule has 2 aromatic rings. The number of aliphatic hydroxyl groups is 1. The number of aliphatic hydroxyl groups excluding tert-OH is 1. The molecule has 0 aliphatic heterocycles. The summed E-state index contributed by atoms with van der Waals surface area (Å²) in [7, 11) is 3.18. The van der Waals surface area contributed by atoms with Crippen LogP contribution in [-0.2, 0) is 30.2 Å². The number of alkyl carbamates (subject to hydrolysis) is 1. The zero-order chi connectivity index (χ0) is 31.7. The Hall–Kier alpha value is -3.31. The number of carbonyl (C=O) groups is 3. The minimum atomic E-state index is -0.509. The second kappa shape index (κ2) is 19.2. The van der Waals surface area contributed by atoms with Gasteiger partial charge in [0.2, 0.25) is 5.91 Å². The number of Topliss-reactive ketones (excluding diaryl/α,β-unsaturated/α-hetero) is 1. The molecule has 2 aromatic carbocycles. The summed E-state index contributed by atoms with van der Waals surface area (Å²) in [6.07, 6.45) is 3.58. The molecule has 242 valence electrons. The molecule has 10 heteroatoms. The minimum absolute atomic E-state index is 0.00711. The number of ketones is 1. The van der Waals surface area contributed by atoms with Gasteiger partial charge >= 0.3 is 6.09 Å². The molecule has 0 aromatic heterocycles. The molecule has 10 nitrogen and oxygen atoms in total. The van der Waals surface area contributed by atoms with Crippen LogP contribution in [0, 0.1) is 0 Å². The van der Waals surface area contributed by atoms with Crippen LogP contribution < -0.4 is 10.6 Å². The average Bonchev–Trinajstić information content (AvgIpc) is 3.34. The van der Waals surface area contributed by atoms with Crippen LogP contribution in [0.5, 0.6) is 0 Å². The molecule has 0 fully saturated rings. The summed E-state index contributed by atoms with van der Waals surface area (Å²) in [6.45, 7) is 4.80. The maximum Gasteiger partial charge on any atom is 0.406 e. The van der Waals surface area contributed by atoms with E-state index in [-0.39, 0.29) is 36.9 Å². The number of aryl methyl sites for hydroxylation is 1. The molecular weight excluding hydrogens is 564 g/mol. The lowest BCUT2D eigenvalue weighted by Crippen LogP contribution is -2.27. The van der Waals surface area contributed by atoms with Crippen LogP contribution in [-0.4, -0.2) is 89.3 Å². The first kappa shape index (κ1) is 35.2. The van der Waals surface area contributed by atoms with Gasteiger partial charge in [-0.05, 0) is 66.8 Å². The summed E-state index contributed by atoms with van der Waals surface area (Å²) in [5.74, 6) is -0.179. The molecule has 0 heterocycles. The third-order valence-electron chi connectivity index (χ3n) is 7.68. The highest BCUT2D eigenvalue weighted by atomic mass is 16.5. The quantitative estimate of drug-likeness (QED) is 0.140. The lowest BCUT2D eigenvalue weighted by molar-refractivity contribution is -0.121. The van der Waals surface area contributed by atoms with Crippen molar-refractivity contribution in [2.75, 3.05) is 60.3 Å². The van der Waals surface area contributed by atoms with E-state index in [0.717, 1.165) is 34.2 Å². The zero-order valence-electron chi connectivity index (χ0n) is 26.3.